The molecule has 5 nitrogen and oxygen atoms in total. The summed E-state index contributed by atoms with van der Waals surface area (Å²) in [5.41, 5.74) is 2.33. The lowest BCUT2D eigenvalue weighted by Gasteiger charge is -2.07. The van der Waals surface area contributed by atoms with Gasteiger partial charge < -0.3 is 10.3 Å². The summed E-state index contributed by atoms with van der Waals surface area (Å²) in [6, 6.07) is 14.8. The van der Waals surface area contributed by atoms with Gasteiger partial charge in [0.15, 0.2) is 0 Å². The molecular formula is C18H14FN5. The van der Waals surface area contributed by atoms with Crippen molar-refractivity contribution < 1.29 is 4.39 Å². The second-order valence-corrected chi connectivity index (χ2v) is 5.32. The highest BCUT2D eigenvalue weighted by Crippen LogP contribution is 2.22. The number of anilines is 1. The molecule has 0 spiro atoms. The van der Waals surface area contributed by atoms with Crippen LogP contribution >= 0.6 is 0 Å². The SMILES string of the molecule is Fc1cccc2c(NCc3ncc(-c4ccccc4)[nH]3)ncnc12. The van der Waals surface area contributed by atoms with E-state index in [1.165, 1.54) is 12.4 Å². The van der Waals surface area contributed by atoms with Crippen LogP contribution in [-0.2, 0) is 6.54 Å². The minimum absolute atomic E-state index is 0.305. The molecule has 0 amide bonds. The Hall–Kier alpha value is -3.28. The minimum Gasteiger partial charge on any atom is -0.362 e. The third-order valence-electron chi connectivity index (χ3n) is 3.75. The molecule has 0 aliphatic carbocycles. The van der Waals surface area contributed by atoms with E-state index in [1.54, 1.807) is 18.3 Å². The first-order chi connectivity index (χ1) is 11.8. The molecule has 0 bridgehead atoms. The van der Waals surface area contributed by atoms with Crippen molar-refractivity contribution in [3.05, 3.63) is 72.7 Å². The van der Waals surface area contributed by atoms with Gasteiger partial charge in [-0.1, -0.05) is 36.4 Å². The average molecular weight is 319 g/mol. The number of halogens is 1. The summed E-state index contributed by atoms with van der Waals surface area (Å²) in [6.45, 7) is 0.454. The molecule has 2 N–H and O–H groups in total. The van der Waals surface area contributed by atoms with Gasteiger partial charge in [0.25, 0.3) is 0 Å². The Morgan fingerprint density at radius 3 is 2.71 bits per heavy atom. The Kier molecular flexibility index (Phi) is 3.63. The van der Waals surface area contributed by atoms with E-state index in [0.29, 0.717) is 23.3 Å². The molecule has 24 heavy (non-hydrogen) atoms. The highest BCUT2D eigenvalue weighted by Gasteiger charge is 2.08. The molecule has 0 saturated carbocycles. The van der Waals surface area contributed by atoms with Crippen LogP contribution in [0.3, 0.4) is 0 Å². The molecule has 0 radical (unpaired) electrons. The number of nitrogens with zero attached hydrogens (tertiary/aromatic N) is 3. The lowest BCUT2D eigenvalue weighted by molar-refractivity contribution is 0.636. The lowest BCUT2D eigenvalue weighted by Crippen LogP contribution is -2.04. The topological polar surface area (TPSA) is 66.5 Å². The summed E-state index contributed by atoms with van der Waals surface area (Å²) in [5, 5.41) is 3.83. The summed E-state index contributed by atoms with van der Waals surface area (Å²) in [5.74, 6) is 0.997. The van der Waals surface area contributed by atoms with E-state index in [4.69, 9.17) is 0 Å². The zero-order chi connectivity index (χ0) is 16.4. The van der Waals surface area contributed by atoms with Crippen LogP contribution < -0.4 is 5.32 Å². The highest BCUT2D eigenvalue weighted by molar-refractivity contribution is 5.89. The number of benzene rings is 2. The molecule has 6 heteroatoms. The summed E-state index contributed by atoms with van der Waals surface area (Å²) in [4.78, 5) is 15.8. The van der Waals surface area contributed by atoms with Crippen LogP contribution in [0.2, 0.25) is 0 Å². The average Bonchev–Trinajstić information content (AvgIpc) is 3.10. The smallest absolute Gasteiger partial charge is 0.149 e. The number of hydrogen-bond acceptors (Lipinski definition) is 4. The highest BCUT2D eigenvalue weighted by atomic mass is 19.1. The van der Waals surface area contributed by atoms with E-state index in [-0.39, 0.29) is 5.82 Å². The van der Waals surface area contributed by atoms with Crippen LogP contribution in [0.25, 0.3) is 22.2 Å². The molecule has 2 aromatic heterocycles. The van der Waals surface area contributed by atoms with Gasteiger partial charge in [0.1, 0.15) is 29.3 Å². The van der Waals surface area contributed by atoms with E-state index in [2.05, 4.69) is 25.3 Å². The number of hydrogen-bond donors (Lipinski definition) is 2. The standard InChI is InChI=1S/C18H14FN5/c19-14-8-4-7-13-17(14)22-11-23-18(13)21-10-16-20-9-15(24-16)12-5-2-1-3-6-12/h1-9,11H,10H2,(H,20,24)(H,21,22,23). The van der Waals surface area contributed by atoms with Gasteiger partial charge in [-0.05, 0) is 17.7 Å². The lowest BCUT2D eigenvalue weighted by atomic mass is 10.2. The fourth-order valence-corrected chi connectivity index (χ4v) is 2.58. The van der Waals surface area contributed by atoms with Crippen LogP contribution in [0.5, 0.6) is 0 Å². The van der Waals surface area contributed by atoms with Gasteiger partial charge in [-0.2, -0.15) is 0 Å². The molecule has 0 aliphatic heterocycles. The molecule has 4 rings (SSSR count). The zero-order valence-corrected chi connectivity index (χ0v) is 12.7. The number of aromatic amines is 1. The second kappa shape index (κ2) is 6.08. The molecule has 4 aromatic rings. The Labute approximate surface area is 137 Å². The van der Waals surface area contributed by atoms with E-state index in [9.17, 15) is 4.39 Å². The van der Waals surface area contributed by atoms with Gasteiger partial charge in [0.05, 0.1) is 18.4 Å². The first-order valence-electron chi connectivity index (χ1n) is 7.53. The largest absolute Gasteiger partial charge is 0.362 e. The Balaban J connectivity index is 1.56. The molecular weight excluding hydrogens is 305 g/mol. The van der Waals surface area contributed by atoms with E-state index >= 15 is 0 Å². The number of fused-ring (bicyclic) bond motifs is 1. The van der Waals surface area contributed by atoms with Crippen molar-refractivity contribution >= 4 is 16.7 Å². The Morgan fingerprint density at radius 1 is 0.958 bits per heavy atom. The number of rotatable bonds is 4. The Morgan fingerprint density at radius 2 is 1.83 bits per heavy atom. The van der Waals surface area contributed by atoms with E-state index in [0.717, 1.165) is 17.1 Å². The van der Waals surface area contributed by atoms with Crippen molar-refractivity contribution in [1.82, 2.24) is 19.9 Å². The maximum absolute atomic E-state index is 13.8. The molecule has 2 heterocycles. The first-order valence-corrected chi connectivity index (χ1v) is 7.53. The molecule has 0 aliphatic rings. The van der Waals surface area contributed by atoms with Crippen molar-refractivity contribution in [1.29, 1.82) is 0 Å². The summed E-state index contributed by atoms with van der Waals surface area (Å²) >= 11 is 0. The molecule has 0 atom stereocenters. The summed E-state index contributed by atoms with van der Waals surface area (Å²) in [6.07, 6.45) is 3.15. The predicted molar refractivity (Wildman–Crippen MR) is 90.8 cm³/mol. The number of aromatic nitrogens is 4. The normalized spacial score (nSPS) is 10.9. The fourth-order valence-electron chi connectivity index (χ4n) is 2.58. The number of H-pyrrole nitrogens is 1. The van der Waals surface area contributed by atoms with Crippen LogP contribution in [0.1, 0.15) is 5.82 Å². The predicted octanol–water partition coefficient (Wildman–Crippen LogP) is 3.77. The fraction of sp³-hybridized carbons (Fsp3) is 0.0556. The summed E-state index contributed by atoms with van der Waals surface area (Å²) in [7, 11) is 0. The molecule has 0 unspecified atom stereocenters. The van der Waals surface area contributed by atoms with Crippen molar-refractivity contribution in [3.63, 3.8) is 0 Å². The van der Waals surface area contributed by atoms with E-state index < -0.39 is 0 Å². The maximum atomic E-state index is 13.8. The van der Waals surface area contributed by atoms with Crippen molar-refractivity contribution in [2.45, 2.75) is 6.54 Å². The first kappa shape index (κ1) is 14.3. The quantitative estimate of drug-likeness (QED) is 0.601. The number of nitrogens with one attached hydrogen (secondary N) is 2. The third kappa shape index (κ3) is 2.69. The van der Waals surface area contributed by atoms with Crippen LogP contribution in [-0.4, -0.2) is 19.9 Å². The minimum atomic E-state index is -0.359. The van der Waals surface area contributed by atoms with Crippen molar-refractivity contribution in [3.8, 4) is 11.3 Å². The van der Waals surface area contributed by atoms with Gasteiger partial charge in [-0.15, -0.1) is 0 Å². The van der Waals surface area contributed by atoms with Crippen LogP contribution in [0.15, 0.2) is 61.1 Å². The van der Waals surface area contributed by atoms with Gasteiger partial charge in [0.2, 0.25) is 0 Å². The zero-order valence-electron chi connectivity index (χ0n) is 12.7. The third-order valence-corrected chi connectivity index (χ3v) is 3.75. The Bertz CT molecular complexity index is 981. The van der Waals surface area contributed by atoms with Crippen molar-refractivity contribution in [2.24, 2.45) is 0 Å². The van der Waals surface area contributed by atoms with Gasteiger partial charge in [-0.3, -0.25) is 0 Å². The summed E-state index contributed by atoms with van der Waals surface area (Å²) < 4.78 is 13.8. The number of imidazole rings is 1. The maximum Gasteiger partial charge on any atom is 0.149 e. The van der Waals surface area contributed by atoms with Crippen LogP contribution in [0.4, 0.5) is 10.2 Å². The van der Waals surface area contributed by atoms with E-state index in [1.807, 2.05) is 30.3 Å². The molecule has 0 fully saturated rings. The van der Waals surface area contributed by atoms with Gasteiger partial charge in [-0.25, -0.2) is 19.3 Å². The van der Waals surface area contributed by atoms with Crippen LogP contribution in [0, 0.1) is 5.82 Å². The monoisotopic (exact) mass is 319 g/mol. The molecule has 2 aromatic carbocycles. The molecule has 0 saturated heterocycles. The van der Waals surface area contributed by atoms with Gasteiger partial charge >= 0.3 is 0 Å². The second-order valence-electron chi connectivity index (χ2n) is 5.32. The molecule has 118 valence electrons. The number of para-hydroxylation sites is 1. The van der Waals surface area contributed by atoms with Crippen molar-refractivity contribution in [2.75, 3.05) is 5.32 Å². The van der Waals surface area contributed by atoms with Gasteiger partial charge in [0, 0.05) is 5.39 Å².